The Kier molecular flexibility index (Phi) is 5.62. The van der Waals surface area contributed by atoms with E-state index < -0.39 is 0 Å². The van der Waals surface area contributed by atoms with Gasteiger partial charge in [-0.15, -0.1) is 0 Å². The van der Waals surface area contributed by atoms with Crippen molar-refractivity contribution < 1.29 is 14.6 Å². The van der Waals surface area contributed by atoms with Crippen molar-refractivity contribution in [3.8, 4) is 0 Å². The molecule has 1 N–H and O–H groups in total. The molecule has 1 heterocycles. The van der Waals surface area contributed by atoms with E-state index in [0.29, 0.717) is 26.0 Å². The highest BCUT2D eigenvalue weighted by Gasteiger charge is 2.28. The largest absolute Gasteiger partial charge is 0.394 e. The molecule has 4 nitrogen and oxygen atoms in total. The van der Waals surface area contributed by atoms with E-state index in [0.717, 1.165) is 16.1 Å². The molecule has 0 bridgehead atoms. The molecule has 1 aliphatic rings. The predicted molar refractivity (Wildman–Crippen MR) is 82.5 cm³/mol. The lowest BCUT2D eigenvalue weighted by atomic mass is 10.1. The van der Waals surface area contributed by atoms with E-state index in [4.69, 9.17) is 21.4 Å². The van der Waals surface area contributed by atoms with Gasteiger partial charge in [-0.3, -0.25) is 4.79 Å². The number of rotatable bonds is 4. The third-order valence-electron chi connectivity index (χ3n) is 3.89. The van der Waals surface area contributed by atoms with Gasteiger partial charge in [0.1, 0.15) is 0 Å². The summed E-state index contributed by atoms with van der Waals surface area (Å²) >= 11 is 6.10. The first-order valence-corrected chi connectivity index (χ1v) is 7.66. The van der Waals surface area contributed by atoms with Gasteiger partial charge in [0.25, 0.3) is 0 Å². The van der Waals surface area contributed by atoms with E-state index >= 15 is 0 Å². The molecular formula is C16H22ClNO3. The second kappa shape index (κ2) is 7.25. The highest BCUT2D eigenvalue weighted by Crippen LogP contribution is 2.19. The normalized spacial score (nSPS) is 22.4. The van der Waals surface area contributed by atoms with Crippen LogP contribution < -0.4 is 0 Å². The third kappa shape index (κ3) is 4.19. The molecule has 1 saturated heterocycles. The number of amides is 1. The smallest absolute Gasteiger partial charge is 0.223 e. The van der Waals surface area contributed by atoms with Crippen molar-refractivity contribution in [2.45, 2.75) is 38.8 Å². The number of aliphatic hydroxyl groups is 1. The van der Waals surface area contributed by atoms with Crippen LogP contribution in [0.1, 0.15) is 24.5 Å². The van der Waals surface area contributed by atoms with E-state index in [9.17, 15) is 4.79 Å². The maximum absolute atomic E-state index is 12.4. The summed E-state index contributed by atoms with van der Waals surface area (Å²) in [6.45, 7) is 4.82. The molecule has 21 heavy (non-hydrogen) atoms. The Morgan fingerprint density at radius 1 is 1.52 bits per heavy atom. The van der Waals surface area contributed by atoms with E-state index in [1.165, 1.54) is 0 Å². The number of carbonyl (C=O) groups is 1. The van der Waals surface area contributed by atoms with Crippen molar-refractivity contribution >= 4 is 17.5 Å². The van der Waals surface area contributed by atoms with Crippen LogP contribution in [0.2, 0.25) is 5.02 Å². The summed E-state index contributed by atoms with van der Waals surface area (Å²) in [7, 11) is 0. The number of aliphatic hydroxyl groups excluding tert-OH is 1. The summed E-state index contributed by atoms with van der Waals surface area (Å²) in [4.78, 5) is 14.2. The maximum Gasteiger partial charge on any atom is 0.223 e. The number of morpholine rings is 1. The van der Waals surface area contributed by atoms with E-state index in [1.54, 1.807) is 4.90 Å². The van der Waals surface area contributed by atoms with Gasteiger partial charge in [0.15, 0.2) is 0 Å². The summed E-state index contributed by atoms with van der Waals surface area (Å²) in [5, 5.41) is 9.90. The van der Waals surface area contributed by atoms with Gasteiger partial charge in [0.05, 0.1) is 25.4 Å². The average molecular weight is 312 g/mol. The Morgan fingerprint density at radius 2 is 2.29 bits per heavy atom. The summed E-state index contributed by atoms with van der Waals surface area (Å²) in [6.07, 6.45) is 0.855. The number of hydrogen-bond donors (Lipinski definition) is 1. The molecule has 2 atom stereocenters. The zero-order valence-electron chi connectivity index (χ0n) is 12.5. The fourth-order valence-corrected chi connectivity index (χ4v) is 2.67. The minimum atomic E-state index is -0.265. The van der Waals surface area contributed by atoms with Crippen LogP contribution in [0.4, 0.5) is 0 Å². The van der Waals surface area contributed by atoms with Crippen molar-refractivity contribution in [3.05, 3.63) is 34.3 Å². The molecular weight excluding hydrogens is 290 g/mol. The van der Waals surface area contributed by atoms with Crippen molar-refractivity contribution in [3.63, 3.8) is 0 Å². The molecule has 2 unspecified atom stereocenters. The molecule has 2 rings (SSSR count). The Hall–Kier alpha value is -1.10. The second-order valence-electron chi connectivity index (χ2n) is 5.62. The van der Waals surface area contributed by atoms with Crippen LogP contribution in [0.5, 0.6) is 0 Å². The van der Waals surface area contributed by atoms with Crippen LogP contribution in [0.15, 0.2) is 18.2 Å². The number of nitrogens with zero attached hydrogens (tertiary/aromatic N) is 1. The average Bonchev–Trinajstić information content (AvgIpc) is 2.48. The Bertz CT molecular complexity index is 506. The third-order valence-corrected chi connectivity index (χ3v) is 4.30. The molecule has 0 aliphatic carbocycles. The van der Waals surface area contributed by atoms with Gasteiger partial charge in [0, 0.05) is 18.0 Å². The highest BCUT2D eigenvalue weighted by atomic mass is 35.5. The molecule has 0 radical (unpaired) electrons. The molecule has 5 heteroatoms. The quantitative estimate of drug-likeness (QED) is 0.927. The van der Waals surface area contributed by atoms with E-state index in [2.05, 4.69) is 0 Å². The molecule has 1 aliphatic heterocycles. The zero-order chi connectivity index (χ0) is 15.4. The molecule has 0 saturated carbocycles. The van der Waals surface area contributed by atoms with Gasteiger partial charge in [0.2, 0.25) is 5.91 Å². The number of benzene rings is 1. The summed E-state index contributed by atoms with van der Waals surface area (Å²) in [6, 6.07) is 5.96. The SMILES string of the molecule is Cc1ccc(CCC(=O)N2CC(CO)OCC2C)cc1Cl. The molecule has 1 fully saturated rings. The number of ether oxygens (including phenoxy) is 1. The lowest BCUT2D eigenvalue weighted by Crippen LogP contribution is -2.52. The minimum absolute atomic E-state index is 0.0515. The van der Waals surface area contributed by atoms with Gasteiger partial charge in [-0.05, 0) is 37.5 Å². The van der Waals surface area contributed by atoms with Crippen LogP contribution in [-0.2, 0) is 16.0 Å². The first-order chi connectivity index (χ1) is 10.0. The lowest BCUT2D eigenvalue weighted by Gasteiger charge is -2.37. The van der Waals surface area contributed by atoms with Gasteiger partial charge in [-0.2, -0.15) is 0 Å². The fraction of sp³-hybridized carbons (Fsp3) is 0.562. The molecule has 0 aromatic heterocycles. The molecule has 0 spiro atoms. The Balaban J connectivity index is 1.92. The van der Waals surface area contributed by atoms with Crippen molar-refractivity contribution in [1.29, 1.82) is 0 Å². The number of carbonyl (C=O) groups excluding carboxylic acids is 1. The predicted octanol–water partition coefficient (Wildman–Crippen LogP) is 2.19. The second-order valence-corrected chi connectivity index (χ2v) is 6.02. The van der Waals surface area contributed by atoms with Crippen molar-refractivity contribution in [2.75, 3.05) is 19.8 Å². The van der Waals surface area contributed by atoms with Crippen LogP contribution in [-0.4, -0.2) is 47.8 Å². The number of halogens is 1. The van der Waals surface area contributed by atoms with Crippen LogP contribution in [0.25, 0.3) is 0 Å². The number of aryl methyl sites for hydroxylation is 2. The van der Waals surface area contributed by atoms with Crippen LogP contribution in [0, 0.1) is 6.92 Å². The monoisotopic (exact) mass is 311 g/mol. The van der Waals surface area contributed by atoms with Crippen LogP contribution >= 0.6 is 11.6 Å². The Morgan fingerprint density at radius 3 is 2.95 bits per heavy atom. The summed E-state index contributed by atoms with van der Waals surface area (Å²) in [5.41, 5.74) is 2.11. The standard InChI is InChI=1S/C16H22ClNO3/c1-11-3-4-13(7-15(11)17)5-6-16(20)18-8-14(9-19)21-10-12(18)2/h3-4,7,12,14,19H,5-6,8-10H2,1-2H3. The summed E-state index contributed by atoms with van der Waals surface area (Å²) in [5.74, 6) is 0.0981. The van der Waals surface area contributed by atoms with Gasteiger partial charge in [-0.1, -0.05) is 23.7 Å². The van der Waals surface area contributed by atoms with Crippen molar-refractivity contribution in [1.82, 2.24) is 4.90 Å². The molecule has 116 valence electrons. The van der Waals surface area contributed by atoms with Gasteiger partial charge >= 0.3 is 0 Å². The van der Waals surface area contributed by atoms with Gasteiger partial charge in [-0.25, -0.2) is 0 Å². The summed E-state index contributed by atoms with van der Waals surface area (Å²) < 4.78 is 5.45. The minimum Gasteiger partial charge on any atom is -0.394 e. The topological polar surface area (TPSA) is 49.8 Å². The fourth-order valence-electron chi connectivity index (χ4n) is 2.46. The number of hydrogen-bond acceptors (Lipinski definition) is 3. The van der Waals surface area contributed by atoms with E-state index in [1.807, 2.05) is 32.0 Å². The molecule has 1 amide bonds. The van der Waals surface area contributed by atoms with Crippen molar-refractivity contribution in [2.24, 2.45) is 0 Å². The molecule has 1 aromatic carbocycles. The zero-order valence-corrected chi connectivity index (χ0v) is 13.3. The Labute approximate surface area is 130 Å². The van der Waals surface area contributed by atoms with Gasteiger partial charge < -0.3 is 14.7 Å². The lowest BCUT2D eigenvalue weighted by molar-refractivity contribution is -0.146. The van der Waals surface area contributed by atoms with E-state index in [-0.39, 0.29) is 24.7 Å². The molecule has 1 aromatic rings. The maximum atomic E-state index is 12.4. The highest BCUT2D eigenvalue weighted by molar-refractivity contribution is 6.31. The first-order valence-electron chi connectivity index (χ1n) is 7.28. The first kappa shape index (κ1) is 16.3. The van der Waals surface area contributed by atoms with Crippen LogP contribution in [0.3, 0.4) is 0 Å².